The first-order chi connectivity index (χ1) is 14.6. The van der Waals surface area contributed by atoms with Crippen molar-refractivity contribution in [3.05, 3.63) is 0 Å². The third kappa shape index (κ3) is 3.84. The molecule has 4 aliphatic rings. The Hall–Kier alpha value is -1.06. The Labute approximate surface area is 188 Å². The first kappa shape index (κ1) is 23.1. The molecule has 0 spiro atoms. The Bertz CT molecular complexity index is 689. The van der Waals surface area contributed by atoms with Crippen molar-refractivity contribution in [2.75, 3.05) is 0 Å². The smallest absolute Gasteiger partial charge is 0.317 e. The minimum Gasteiger partial charge on any atom is -0.481 e. The molecular weight excluding hydrogens is 388 g/mol. The molecule has 4 fully saturated rings. The molecular formula is C27H44O4. The Morgan fingerprint density at radius 2 is 1.52 bits per heavy atom. The van der Waals surface area contributed by atoms with Crippen LogP contribution in [0, 0.1) is 58.2 Å². The first-order valence-electron chi connectivity index (χ1n) is 13.0. The average molecular weight is 433 g/mol. The van der Waals surface area contributed by atoms with Gasteiger partial charge in [-0.3, -0.25) is 9.59 Å². The van der Waals surface area contributed by atoms with E-state index >= 15 is 0 Å². The van der Waals surface area contributed by atoms with Gasteiger partial charge in [-0.25, -0.2) is 0 Å². The second-order valence-electron chi connectivity index (χ2n) is 12.5. The fourth-order valence-corrected chi connectivity index (χ4v) is 9.43. The fourth-order valence-electron chi connectivity index (χ4n) is 9.43. The maximum absolute atomic E-state index is 11.3. The number of aliphatic carboxylic acids is 2. The molecule has 0 radical (unpaired) electrons. The fraction of sp³-hybridized carbons (Fsp3) is 0.926. The summed E-state index contributed by atoms with van der Waals surface area (Å²) in [6.45, 7) is 9.87. The molecule has 4 nitrogen and oxygen atoms in total. The number of hydrogen-bond donors (Lipinski definition) is 2. The second-order valence-corrected chi connectivity index (χ2v) is 12.5. The maximum atomic E-state index is 11.3. The lowest BCUT2D eigenvalue weighted by atomic mass is 9.44. The number of hydrogen-bond acceptors (Lipinski definition) is 2. The molecule has 4 heteroatoms. The van der Waals surface area contributed by atoms with Crippen LogP contribution in [-0.2, 0) is 9.59 Å². The van der Waals surface area contributed by atoms with E-state index in [0.29, 0.717) is 29.1 Å². The summed E-state index contributed by atoms with van der Waals surface area (Å²) in [7, 11) is 0. The van der Waals surface area contributed by atoms with E-state index in [-0.39, 0.29) is 6.42 Å². The van der Waals surface area contributed by atoms with E-state index in [2.05, 4.69) is 27.7 Å². The largest absolute Gasteiger partial charge is 0.481 e. The SMILES string of the molecule is C[C@@H]1CC[C@@]2(C)C(CCC3C2CC[C@@]2(C)C3CCC2[C@H](C)CCC(C(=O)O)C(=O)O)C1. The van der Waals surface area contributed by atoms with E-state index in [4.69, 9.17) is 0 Å². The normalized spacial score (nSPS) is 45.5. The molecule has 4 rings (SSSR count). The van der Waals surface area contributed by atoms with Crippen LogP contribution < -0.4 is 0 Å². The molecule has 176 valence electrons. The first-order valence-corrected chi connectivity index (χ1v) is 13.0. The van der Waals surface area contributed by atoms with Gasteiger partial charge in [-0.15, -0.1) is 0 Å². The molecule has 31 heavy (non-hydrogen) atoms. The molecule has 0 amide bonds. The quantitative estimate of drug-likeness (QED) is 0.471. The van der Waals surface area contributed by atoms with Crippen LogP contribution in [0.4, 0.5) is 0 Å². The van der Waals surface area contributed by atoms with Crippen molar-refractivity contribution in [2.45, 2.75) is 98.3 Å². The number of rotatable bonds is 6. The van der Waals surface area contributed by atoms with Crippen molar-refractivity contribution in [1.29, 1.82) is 0 Å². The van der Waals surface area contributed by atoms with Crippen molar-refractivity contribution < 1.29 is 19.8 Å². The summed E-state index contributed by atoms with van der Waals surface area (Å²) < 4.78 is 0. The third-order valence-corrected chi connectivity index (χ3v) is 11.2. The molecule has 0 aliphatic heterocycles. The summed E-state index contributed by atoms with van der Waals surface area (Å²) >= 11 is 0. The Morgan fingerprint density at radius 1 is 0.871 bits per heavy atom. The Kier molecular flexibility index (Phi) is 6.24. The van der Waals surface area contributed by atoms with E-state index in [1.54, 1.807) is 0 Å². The summed E-state index contributed by atoms with van der Waals surface area (Å²) in [6.07, 6.45) is 13.3. The van der Waals surface area contributed by atoms with Gasteiger partial charge in [0, 0.05) is 0 Å². The van der Waals surface area contributed by atoms with Crippen LogP contribution in [0.5, 0.6) is 0 Å². The van der Waals surface area contributed by atoms with Crippen LogP contribution in [0.3, 0.4) is 0 Å². The van der Waals surface area contributed by atoms with Gasteiger partial charge < -0.3 is 10.2 Å². The third-order valence-electron chi connectivity index (χ3n) is 11.2. The number of carboxylic acid groups (broad SMARTS) is 2. The summed E-state index contributed by atoms with van der Waals surface area (Å²) in [4.78, 5) is 22.6. The maximum Gasteiger partial charge on any atom is 0.317 e. The van der Waals surface area contributed by atoms with Crippen LogP contribution in [0.25, 0.3) is 0 Å². The molecule has 0 bridgehead atoms. The zero-order valence-electron chi connectivity index (χ0n) is 20.1. The monoisotopic (exact) mass is 432 g/mol. The van der Waals surface area contributed by atoms with Gasteiger partial charge in [0.15, 0.2) is 5.92 Å². The van der Waals surface area contributed by atoms with Crippen LogP contribution in [0.1, 0.15) is 98.3 Å². The molecule has 0 aromatic rings. The summed E-state index contributed by atoms with van der Waals surface area (Å²) in [5, 5.41) is 18.5. The van der Waals surface area contributed by atoms with Crippen LogP contribution in [0.2, 0.25) is 0 Å². The van der Waals surface area contributed by atoms with Crippen LogP contribution >= 0.6 is 0 Å². The minimum atomic E-state index is -1.26. The van der Waals surface area contributed by atoms with Gasteiger partial charge in [0.25, 0.3) is 0 Å². The van der Waals surface area contributed by atoms with Gasteiger partial charge in [0.05, 0.1) is 0 Å². The Morgan fingerprint density at radius 3 is 2.19 bits per heavy atom. The van der Waals surface area contributed by atoms with Gasteiger partial charge >= 0.3 is 11.9 Å². The van der Waals surface area contributed by atoms with Gasteiger partial charge in [0.1, 0.15) is 0 Å². The standard InChI is InChI=1S/C27H44O4/c1-16-11-13-26(3)18(15-16)6-8-19-22-10-9-21(27(22,4)14-12-23(19)26)17(2)5-7-20(24(28)29)25(30)31/h16-23H,5-15H2,1-4H3,(H,28,29)(H,30,31)/t16-,17-,18?,19?,21?,22?,23?,26+,27-/m1/s1. The molecule has 5 unspecified atom stereocenters. The number of carbonyl (C=O) groups is 2. The topological polar surface area (TPSA) is 74.6 Å². The molecule has 0 aromatic heterocycles. The zero-order chi connectivity index (χ0) is 22.6. The lowest BCUT2D eigenvalue weighted by Gasteiger charge is -2.61. The molecule has 0 aromatic carbocycles. The lowest BCUT2D eigenvalue weighted by Crippen LogP contribution is -2.53. The van der Waals surface area contributed by atoms with E-state index < -0.39 is 17.9 Å². The van der Waals surface area contributed by atoms with Crippen molar-refractivity contribution in [3.63, 3.8) is 0 Å². The summed E-state index contributed by atoms with van der Waals surface area (Å²) in [5.74, 6) is 1.78. The van der Waals surface area contributed by atoms with Gasteiger partial charge in [-0.2, -0.15) is 0 Å². The molecule has 4 saturated carbocycles. The zero-order valence-corrected chi connectivity index (χ0v) is 20.1. The lowest BCUT2D eigenvalue weighted by molar-refractivity contribution is -0.155. The van der Waals surface area contributed by atoms with E-state index in [1.807, 2.05) is 0 Å². The highest BCUT2D eigenvalue weighted by Crippen LogP contribution is 2.68. The van der Waals surface area contributed by atoms with Crippen molar-refractivity contribution in [3.8, 4) is 0 Å². The summed E-state index contributed by atoms with van der Waals surface area (Å²) in [6, 6.07) is 0. The van der Waals surface area contributed by atoms with E-state index in [9.17, 15) is 19.8 Å². The van der Waals surface area contributed by atoms with Crippen molar-refractivity contribution >= 4 is 11.9 Å². The van der Waals surface area contributed by atoms with Crippen molar-refractivity contribution in [2.24, 2.45) is 58.2 Å². The van der Waals surface area contributed by atoms with Crippen LogP contribution in [-0.4, -0.2) is 22.2 Å². The molecule has 0 heterocycles. The van der Waals surface area contributed by atoms with E-state index in [0.717, 1.165) is 29.6 Å². The van der Waals surface area contributed by atoms with Crippen LogP contribution in [0.15, 0.2) is 0 Å². The van der Waals surface area contributed by atoms with Gasteiger partial charge in [-0.05, 0) is 116 Å². The van der Waals surface area contributed by atoms with E-state index in [1.165, 1.54) is 57.8 Å². The minimum absolute atomic E-state index is 0.257. The van der Waals surface area contributed by atoms with Crippen molar-refractivity contribution in [1.82, 2.24) is 0 Å². The molecule has 0 saturated heterocycles. The number of carboxylic acids is 2. The highest BCUT2D eigenvalue weighted by molar-refractivity contribution is 5.92. The van der Waals surface area contributed by atoms with Gasteiger partial charge in [0.2, 0.25) is 0 Å². The Balaban J connectivity index is 1.46. The predicted molar refractivity (Wildman–Crippen MR) is 122 cm³/mol. The number of fused-ring (bicyclic) bond motifs is 5. The van der Waals surface area contributed by atoms with Gasteiger partial charge in [-0.1, -0.05) is 34.1 Å². The second kappa shape index (κ2) is 8.37. The molecule has 9 atom stereocenters. The molecule has 4 aliphatic carbocycles. The predicted octanol–water partition coefficient (Wildman–Crippen LogP) is 6.48. The summed E-state index contributed by atoms with van der Waals surface area (Å²) in [5.41, 5.74) is 0.907. The highest BCUT2D eigenvalue weighted by atomic mass is 16.4. The highest BCUT2D eigenvalue weighted by Gasteiger charge is 2.60. The average Bonchev–Trinajstić information content (AvgIpc) is 3.05. The molecule has 2 N–H and O–H groups in total.